The Morgan fingerprint density at radius 2 is 0.523 bits per heavy atom. The molecule has 6 aromatic carbocycles. The number of para-hydroxylation sites is 4. The molecule has 0 atom stereocenters. The number of benzene rings is 6. The molecule has 0 fully saturated rings. The fourth-order valence-electron chi connectivity index (χ4n) is 5.52. The molecule has 0 aliphatic heterocycles. The average Bonchev–Trinajstić information content (AvgIpc) is 3.11. The topological polar surface area (TPSA) is 19.4 Å². The van der Waals surface area contributed by atoms with E-state index in [1.807, 2.05) is 24.3 Å². The third-order valence-corrected chi connectivity index (χ3v) is 7.65. The van der Waals surface area contributed by atoms with Gasteiger partial charge in [0.2, 0.25) is 0 Å². The standard InChI is InChI=1S/C41H31N3/c1-5-14-34(15-6-1)43(35-16-7-2-8-17-35)38-28-24-32(25-29-38)40-22-13-23-41(42-40)33-26-30-39(31-27-33)44(36-18-9-3-10-19-36)37-20-11-4-12-21-37/h1-31H. The lowest BCUT2D eigenvalue weighted by molar-refractivity contribution is 1.27. The zero-order chi connectivity index (χ0) is 29.6. The Labute approximate surface area is 259 Å². The molecule has 1 heterocycles. The molecule has 3 nitrogen and oxygen atoms in total. The summed E-state index contributed by atoms with van der Waals surface area (Å²) in [6.45, 7) is 0. The molecule has 0 N–H and O–H groups in total. The highest BCUT2D eigenvalue weighted by molar-refractivity contribution is 5.79. The number of hydrogen-bond donors (Lipinski definition) is 0. The molecule has 7 aromatic rings. The molecule has 0 spiro atoms. The first-order chi connectivity index (χ1) is 21.8. The minimum atomic E-state index is 0.944. The van der Waals surface area contributed by atoms with E-state index >= 15 is 0 Å². The van der Waals surface area contributed by atoms with Crippen molar-refractivity contribution in [1.82, 2.24) is 4.98 Å². The number of anilines is 6. The first-order valence-corrected chi connectivity index (χ1v) is 14.8. The molecule has 0 bridgehead atoms. The summed E-state index contributed by atoms with van der Waals surface area (Å²) in [6.07, 6.45) is 0. The van der Waals surface area contributed by atoms with Crippen molar-refractivity contribution in [1.29, 1.82) is 0 Å². The van der Waals surface area contributed by atoms with Crippen molar-refractivity contribution in [2.45, 2.75) is 0 Å². The van der Waals surface area contributed by atoms with Gasteiger partial charge in [0.1, 0.15) is 0 Å². The van der Waals surface area contributed by atoms with Gasteiger partial charge in [0.15, 0.2) is 0 Å². The van der Waals surface area contributed by atoms with Crippen molar-refractivity contribution in [3.05, 3.63) is 188 Å². The summed E-state index contributed by atoms with van der Waals surface area (Å²) in [5, 5.41) is 0. The predicted molar refractivity (Wildman–Crippen MR) is 184 cm³/mol. The van der Waals surface area contributed by atoms with E-state index in [0.29, 0.717) is 0 Å². The van der Waals surface area contributed by atoms with Crippen LogP contribution < -0.4 is 9.80 Å². The lowest BCUT2D eigenvalue weighted by Gasteiger charge is -2.25. The van der Waals surface area contributed by atoms with Crippen LogP contribution >= 0.6 is 0 Å². The Morgan fingerprint density at radius 1 is 0.250 bits per heavy atom. The lowest BCUT2D eigenvalue weighted by atomic mass is 10.1. The summed E-state index contributed by atoms with van der Waals surface area (Å²) >= 11 is 0. The van der Waals surface area contributed by atoms with Crippen molar-refractivity contribution in [3.8, 4) is 22.5 Å². The van der Waals surface area contributed by atoms with Crippen molar-refractivity contribution in [3.63, 3.8) is 0 Å². The van der Waals surface area contributed by atoms with Gasteiger partial charge in [-0.3, -0.25) is 0 Å². The van der Waals surface area contributed by atoms with Gasteiger partial charge in [-0.25, -0.2) is 4.98 Å². The second kappa shape index (κ2) is 12.5. The maximum Gasteiger partial charge on any atom is 0.0709 e. The van der Waals surface area contributed by atoms with Crippen LogP contribution in [0.1, 0.15) is 0 Å². The summed E-state index contributed by atoms with van der Waals surface area (Å²) < 4.78 is 0. The van der Waals surface area contributed by atoms with E-state index in [2.05, 4.69) is 174 Å². The fourth-order valence-corrected chi connectivity index (χ4v) is 5.52. The van der Waals surface area contributed by atoms with Crippen LogP contribution in [0.3, 0.4) is 0 Å². The van der Waals surface area contributed by atoms with Gasteiger partial charge in [-0.05, 0) is 84.9 Å². The van der Waals surface area contributed by atoms with E-state index in [9.17, 15) is 0 Å². The Balaban J connectivity index is 1.17. The molecule has 44 heavy (non-hydrogen) atoms. The average molecular weight is 566 g/mol. The quantitative estimate of drug-likeness (QED) is 0.183. The van der Waals surface area contributed by atoms with Gasteiger partial charge in [0.05, 0.1) is 11.4 Å². The van der Waals surface area contributed by atoms with Gasteiger partial charge in [0.25, 0.3) is 0 Å². The minimum Gasteiger partial charge on any atom is -0.311 e. The van der Waals surface area contributed by atoms with Crippen LogP contribution in [0.4, 0.5) is 34.1 Å². The van der Waals surface area contributed by atoms with E-state index in [4.69, 9.17) is 4.98 Å². The predicted octanol–water partition coefficient (Wildman–Crippen LogP) is 11.4. The number of pyridine rings is 1. The molecule has 0 amide bonds. The second-order valence-electron chi connectivity index (χ2n) is 10.5. The summed E-state index contributed by atoms with van der Waals surface area (Å²) in [5.74, 6) is 0. The van der Waals surface area contributed by atoms with E-state index in [-0.39, 0.29) is 0 Å². The van der Waals surface area contributed by atoms with Crippen LogP contribution in [0.5, 0.6) is 0 Å². The number of hydrogen-bond acceptors (Lipinski definition) is 3. The highest BCUT2D eigenvalue weighted by atomic mass is 15.1. The first-order valence-electron chi connectivity index (χ1n) is 14.8. The molecule has 0 saturated carbocycles. The van der Waals surface area contributed by atoms with Gasteiger partial charge in [0, 0.05) is 45.3 Å². The van der Waals surface area contributed by atoms with Gasteiger partial charge < -0.3 is 9.80 Å². The highest BCUT2D eigenvalue weighted by Crippen LogP contribution is 2.37. The van der Waals surface area contributed by atoms with Crippen molar-refractivity contribution >= 4 is 34.1 Å². The minimum absolute atomic E-state index is 0.944. The van der Waals surface area contributed by atoms with Crippen LogP contribution in [0.15, 0.2) is 188 Å². The summed E-state index contributed by atoms with van der Waals surface area (Å²) in [4.78, 5) is 9.60. The van der Waals surface area contributed by atoms with Crippen LogP contribution in [-0.4, -0.2) is 4.98 Å². The summed E-state index contributed by atoms with van der Waals surface area (Å²) in [6, 6.07) is 65.4. The summed E-state index contributed by atoms with van der Waals surface area (Å²) in [7, 11) is 0. The van der Waals surface area contributed by atoms with Crippen LogP contribution in [0.25, 0.3) is 22.5 Å². The van der Waals surface area contributed by atoms with Crippen LogP contribution in [0.2, 0.25) is 0 Å². The molecule has 0 radical (unpaired) electrons. The summed E-state index contributed by atoms with van der Waals surface area (Å²) in [5.41, 5.74) is 10.7. The third-order valence-electron chi connectivity index (χ3n) is 7.65. The van der Waals surface area contributed by atoms with Crippen LogP contribution in [-0.2, 0) is 0 Å². The Hall–Kier alpha value is -5.93. The molecule has 210 valence electrons. The molecule has 7 rings (SSSR count). The van der Waals surface area contributed by atoms with Gasteiger partial charge in [-0.1, -0.05) is 103 Å². The molecular weight excluding hydrogens is 534 g/mol. The molecular formula is C41H31N3. The number of aromatic nitrogens is 1. The molecule has 0 aliphatic carbocycles. The second-order valence-corrected chi connectivity index (χ2v) is 10.5. The first kappa shape index (κ1) is 26.9. The number of nitrogens with zero attached hydrogens (tertiary/aromatic N) is 3. The highest BCUT2D eigenvalue weighted by Gasteiger charge is 2.14. The van der Waals surface area contributed by atoms with Gasteiger partial charge in [-0.2, -0.15) is 0 Å². The fraction of sp³-hybridized carbons (Fsp3) is 0. The lowest BCUT2D eigenvalue weighted by Crippen LogP contribution is -2.09. The molecule has 3 heteroatoms. The van der Waals surface area contributed by atoms with Crippen molar-refractivity contribution in [2.75, 3.05) is 9.80 Å². The molecule has 0 saturated heterocycles. The maximum absolute atomic E-state index is 5.07. The van der Waals surface area contributed by atoms with Crippen LogP contribution in [0, 0.1) is 0 Å². The molecule has 0 aliphatic rings. The zero-order valence-corrected chi connectivity index (χ0v) is 24.2. The van der Waals surface area contributed by atoms with Crippen molar-refractivity contribution in [2.24, 2.45) is 0 Å². The van der Waals surface area contributed by atoms with Gasteiger partial charge >= 0.3 is 0 Å². The monoisotopic (exact) mass is 565 g/mol. The molecule has 0 unspecified atom stereocenters. The molecule has 1 aromatic heterocycles. The van der Waals surface area contributed by atoms with Crippen molar-refractivity contribution < 1.29 is 0 Å². The normalized spacial score (nSPS) is 10.7. The zero-order valence-electron chi connectivity index (χ0n) is 24.2. The largest absolute Gasteiger partial charge is 0.311 e. The SMILES string of the molecule is c1ccc(N(c2ccccc2)c2ccc(-c3cccc(-c4ccc(N(c5ccccc5)c5ccccc5)cc4)n3)cc2)cc1. The van der Waals surface area contributed by atoms with E-state index in [1.165, 1.54) is 0 Å². The Morgan fingerprint density at radius 3 is 0.818 bits per heavy atom. The van der Waals surface area contributed by atoms with Gasteiger partial charge in [-0.15, -0.1) is 0 Å². The smallest absolute Gasteiger partial charge is 0.0709 e. The maximum atomic E-state index is 5.07. The third kappa shape index (κ3) is 5.72. The Bertz CT molecular complexity index is 1700. The van der Waals surface area contributed by atoms with E-state index in [0.717, 1.165) is 56.6 Å². The number of rotatable bonds is 8. The van der Waals surface area contributed by atoms with E-state index < -0.39 is 0 Å². The Kier molecular flexibility index (Phi) is 7.66. The van der Waals surface area contributed by atoms with E-state index in [1.54, 1.807) is 0 Å².